The zero-order valence-corrected chi connectivity index (χ0v) is 19.1. The van der Waals surface area contributed by atoms with E-state index in [1.54, 1.807) is 18.8 Å². The molecule has 0 aliphatic carbocycles. The summed E-state index contributed by atoms with van der Waals surface area (Å²) in [6.45, 7) is 0. The molecule has 1 atom stereocenters. The van der Waals surface area contributed by atoms with Crippen molar-refractivity contribution in [1.29, 1.82) is 0 Å². The number of nitrogens with zero attached hydrogens (tertiary/aromatic N) is 2. The lowest BCUT2D eigenvalue weighted by Crippen LogP contribution is -2.36. The number of ether oxygens (including phenoxy) is 2. The van der Waals surface area contributed by atoms with Crippen molar-refractivity contribution in [2.24, 2.45) is 4.99 Å². The molecule has 164 valence electrons. The fourth-order valence-electron chi connectivity index (χ4n) is 3.84. The van der Waals surface area contributed by atoms with Crippen molar-refractivity contribution in [3.8, 4) is 11.5 Å². The molecule has 1 aliphatic heterocycles. The van der Waals surface area contributed by atoms with Crippen LogP contribution in [0.1, 0.15) is 22.7 Å². The van der Waals surface area contributed by atoms with E-state index in [4.69, 9.17) is 14.5 Å². The number of allylic oxidation sites excluding steroid dienone is 1. The highest BCUT2D eigenvalue weighted by atomic mass is 32.1. The lowest BCUT2D eigenvalue weighted by Gasteiger charge is -2.20. The van der Waals surface area contributed by atoms with Gasteiger partial charge in [0, 0.05) is 0 Å². The van der Waals surface area contributed by atoms with Crippen LogP contribution in [0.5, 0.6) is 11.5 Å². The van der Waals surface area contributed by atoms with Gasteiger partial charge in [0.2, 0.25) is 0 Å². The number of aromatic nitrogens is 1. The van der Waals surface area contributed by atoms with E-state index in [1.165, 1.54) is 11.3 Å². The summed E-state index contributed by atoms with van der Waals surface area (Å²) >= 11 is 1.40. The van der Waals surface area contributed by atoms with Crippen molar-refractivity contribution in [3.05, 3.63) is 121 Å². The Morgan fingerprint density at radius 1 is 0.879 bits per heavy atom. The third-order valence-corrected chi connectivity index (χ3v) is 6.57. The molecule has 0 N–H and O–H groups in total. The van der Waals surface area contributed by atoms with Crippen LogP contribution >= 0.6 is 11.3 Å². The Balaban J connectivity index is 1.68. The molecule has 0 saturated carbocycles. The lowest BCUT2D eigenvalue weighted by molar-refractivity contribution is 0.414. The van der Waals surface area contributed by atoms with Crippen molar-refractivity contribution < 1.29 is 9.47 Å². The molecule has 0 bridgehead atoms. The summed E-state index contributed by atoms with van der Waals surface area (Å²) in [4.78, 5) is 19.0. The Morgan fingerprint density at radius 2 is 1.52 bits per heavy atom. The second-order valence-electron chi connectivity index (χ2n) is 7.59. The SMILES string of the molecule is COc1ccc(/C=c2\sc3n(c2=O)C(c2ccc(OC)cc2)C=C(c2ccccc2)N=3)cc1. The predicted octanol–water partition coefficient (Wildman–Crippen LogP) is 4.02. The molecule has 0 saturated heterocycles. The van der Waals surface area contributed by atoms with Crippen LogP contribution in [0.3, 0.4) is 0 Å². The number of hydrogen-bond acceptors (Lipinski definition) is 5. The van der Waals surface area contributed by atoms with Crippen molar-refractivity contribution in [3.63, 3.8) is 0 Å². The highest BCUT2D eigenvalue weighted by molar-refractivity contribution is 7.07. The van der Waals surface area contributed by atoms with Crippen LogP contribution < -0.4 is 24.4 Å². The average Bonchev–Trinajstić information content (AvgIpc) is 3.19. The molecule has 5 rings (SSSR count). The van der Waals surface area contributed by atoms with E-state index < -0.39 is 0 Å². The molecule has 0 radical (unpaired) electrons. The summed E-state index contributed by atoms with van der Waals surface area (Å²) in [6.07, 6.45) is 3.95. The molecule has 6 heteroatoms. The summed E-state index contributed by atoms with van der Waals surface area (Å²) in [5.41, 5.74) is 3.75. The number of fused-ring (bicyclic) bond motifs is 1. The molecule has 0 fully saturated rings. The molecule has 33 heavy (non-hydrogen) atoms. The quantitative estimate of drug-likeness (QED) is 0.458. The number of thiazole rings is 1. The maximum absolute atomic E-state index is 13.5. The van der Waals surface area contributed by atoms with E-state index in [0.29, 0.717) is 9.33 Å². The predicted molar refractivity (Wildman–Crippen MR) is 131 cm³/mol. The minimum atomic E-state index is -0.264. The van der Waals surface area contributed by atoms with Crippen molar-refractivity contribution in [2.45, 2.75) is 6.04 Å². The molecule has 2 heterocycles. The minimum Gasteiger partial charge on any atom is -0.497 e. The molecular formula is C27H22N2O3S. The monoisotopic (exact) mass is 454 g/mol. The normalized spacial score (nSPS) is 15.4. The minimum absolute atomic E-state index is 0.0567. The Bertz CT molecular complexity index is 1480. The largest absolute Gasteiger partial charge is 0.497 e. The number of benzene rings is 3. The van der Waals surface area contributed by atoms with E-state index in [2.05, 4.69) is 6.08 Å². The van der Waals surface area contributed by atoms with Crippen LogP contribution in [0.25, 0.3) is 11.8 Å². The lowest BCUT2D eigenvalue weighted by atomic mass is 10.0. The van der Waals surface area contributed by atoms with Crippen LogP contribution in [0.2, 0.25) is 0 Å². The van der Waals surface area contributed by atoms with Gasteiger partial charge in [0.05, 0.1) is 30.5 Å². The smallest absolute Gasteiger partial charge is 0.271 e. The first-order chi connectivity index (χ1) is 16.2. The van der Waals surface area contributed by atoms with E-state index in [0.717, 1.165) is 33.9 Å². The highest BCUT2D eigenvalue weighted by Crippen LogP contribution is 2.28. The molecule has 1 aliphatic rings. The Hall–Kier alpha value is -3.90. The fraction of sp³-hybridized carbons (Fsp3) is 0.111. The zero-order valence-electron chi connectivity index (χ0n) is 18.3. The van der Waals surface area contributed by atoms with Crippen molar-refractivity contribution >= 4 is 23.1 Å². The van der Waals surface area contributed by atoms with Crippen LogP contribution in [-0.2, 0) is 0 Å². The van der Waals surface area contributed by atoms with E-state index in [1.807, 2.05) is 84.9 Å². The Morgan fingerprint density at radius 3 is 2.15 bits per heavy atom. The van der Waals surface area contributed by atoms with Gasteiger partial charge < -0.3 is 9.47 Å². The van der Waals surface area contributed by atoms with Crippen LogP contribution in [-0.4, -0.2) is 18.8 Å². The molecular weight excluding hydrogens is 432 g/mol. The molecule has 4 aromatic rings. The Labute approximate surface area is 195 Å². The first-order valence-corrected chi connectivity index (χ1v) is 11.3. The molecule has 5 nitrogen and oxygen atoms in total. The highest BCUT2D eigenvalue weighted by Gasteiger charge is 2.22. The van der Waals surface area contributed by atoms with E-state index in [-0.39, 0.29) is 11.6 Å². The summed E-state index contributed by atoms with van der Waals surface area (Å²) in [5.74, 6) is 1.55. The molecule has 3 aromatic carbocycles. The first kappa shape index (κ1) is 21.0. The van der Waals surface area contributed by atoms with Gasteiger partial charge in [-0.3, -0.25) is 9.36 Å². The van der Waals surface area contributed by atoms with Gasteiger partial charge in [-0.15, -0.1) is 0 Å². The number of hydrogen-bond donors (Lipinski definition) is 0. The molecule has 0 amide bonds. The van der Waals surface area contributed by atoms with Crippen LogP contribution in [0, 0.1) is 0 Å². The molecule has 0 spiro atoms. The Kier molecular flexibility index (Phi) is 5.67. The van der Waals surface area contributed by atoms with Gasteiger partial charge in [-0.1, -0.05) is 65.9 Å². The maximum Gasteiger partial charge on any atom is 0.271 e. The van der Waals surface area contributed by atoms with Crippen LogP contribution in [0.4, 0.5) is 0 Å². The summed E-state index contributed by atoms with van der Waals surface area (Å²) in [7, 11) is 3.28. The van der Waals surface area contributed by atoms with Gasteiger partial charge in [0.1, 0.15) is 11.5 Å². The van der Waals surface area contributed by atoms with Gasteiger partial charge in [-0.25, -0.2) is 4.99 Å². The van der Waals surface area contributed by atoms with E-state index in [9.17, 15) is 4.79 Å². The van der Waals surface area contributed by atoms with Gasteiger partial charge in [-0.2, -0.15) is 0 Å². The first-order valence-electron chi connectivity index (χ1n) is 10.5. The van der Waals surface area contributed by atoms with Gasteiger partial charge >= 0.3 is 0 Å². The second-order valence-corrected chi connectivity index (χ2v) is 8.60. The second kappa shape index (κ2) is 8.92. The van der Waals surface area contributed by atoms with Crippen LogP contribution in [0.15, 0.2) is 94.7 Å². The molecule has 1 unspecified atom stereocenters. The standard InChI is InChI=1S/C27H22N2O3S/c1-31-21-12-8-18(9-13-21)16-25-26(30)29-24(20-10-14-22(32-2)15-11-20)17-23(28-27(29)33-25)19-6-4-3-5-7-19/h3-17,24H,1-2H3/b25-16-. The van der Waals surface area contributed by atoms with E-state index >= 15 is 0 Å². The van der Waals surface area contributed by atoms with Crippen molar-refractivity contribution in [1.82, 2.24) is 4.57 Å². The summed E-state index contributed by atoms with van der Waals surface area (Å²) < 4.78 is 13.0. The fourth-order valence-corrected chi connectivity index (χ4v) is 4.86. The summed E-state index contributed by atoms with van der Waals surface area (Å²) in [6, 6.07) is 25.2. The topological polar surface area (TPSA) is 52.8 Å². The van der Waals surface area contributed by atoms with Crippen molar-refractivity contribution in [2.75, 3.05) is 14.2 Å². The third kappa shape index (κ3) is 4.13. The summed E-state index contributed by atoms with van der Waals surface area (Å²) in [5, 5.41) is 0. The van der Waals surface area contributed by atoms with Gasteiger partial charge in [0.25, 0.3) is 5.56 Å². The average molecular weight is 455 g/mol. The number of methoxy groups -OCH3 is 2. The number of rotatable bonds is 5. The third-order valence-electron chi connectivity index (χ3n) is 5.59. The van der Waals surface area contributed by atoms with Gasteiger partial charge in [0.15, 0.2) is 4.80 Å². The maximum atomic E-state index is 13.5. The molecule has 1 aromatic heterocycles. The van der Waals surface area contributed by atoms with Gasteiger partial charge in [-0.05, 0) is 53.1 Å². The zero-order chi connectivity index (χ0) is 22.8.